The van der Waals surface area contributed by atoms with Gasteiger partial charge in [-0.15, -0.1) is 0 Å². The van der Waals surface area contributed by atoms with E-state index in [1.54, 1.807) is 0 Å². The van der Waals surface area contributed by atoms with E-state index < -0.39 is 5.60 Å². The standard InChI is InChI=1S/C17H25N2O/c1-13-10-14(2)16(15(3)11-13)19-9-8-18(12-19)7-6-17(4,5)20/h8-12,20H,6-7H2,1-5H3/q+1. The second kappa shape index (κ2) is 5.41. The minimum Gasteiger partial charge on any atom is -0.390 e. The van der Waals surface area contributed by atoms with Gasteiger partial charge in [0.1, 0.15) is 18.1 Å². The first kappa shape index (κ1) is 14.8. The van der Waals surface area contributed by atoms with E-state index >= 15 is 0 Å². The Morgan fingerprint density at radius 1 is 1.15 bits per heavy atom. The van der Waals surface area contributed by atoms with Crippen molar-refractivity contribution in [1.82, 2.24) is 4.57 Å². The third-order valence-electron chi connectivity index (χ3n) is 3.57. The maximum absolute atomic E-state index is 9.80. The molecule has 0 saturated carbocycles. The van der Waals surface area contributed by atoms with Crippen LogP contribution in [0.4, 0.5) is 0 Å². The Morgan fingerprint density at radius 3 is 2.30 bits per heavy atom. The quantitative estimate of drug-likeness (QED) is 0.853. The van der Waals surface area contributed by atoms with Gasteiger partial charge in [-0.1, -0.05) is 17.7 Å². The van der Waals surface area contributed by atoms with E-state index in [2.05, 4.69) is 60.8 Å². The van der Waals surface area contributed by atoms with Crippen molar-refractivity contribution in [1.29, 1.82) is 0 Å². The van der Waals surface area contributed by atoms with Crippen LogP contribution in [0.1, 0.15) is 37.0 Å². The molecule has 0 aliphatic heterocycles. The van der Waals surface area contributed by atoms with Gasteiger partial charge < -0.3 is 5.11 Å². The number of imidazole rings is 1. The van der Waals surface area contributed by atoms with Crippen molar-refractivity contribution in [2.24, 2.45) is 0 Å². The molecule has 1 aromatic heterocycles. The molecule has 108 valence electrons. The van der Waals surface area contributed by atoms with Gasteiger partial charge in [0.05, 0.1) is 12.1 Å². The summed E-state index contributed by atoms with van der Waals surface area (Å²) in [5.41, 5.74) is 4.49. The van der Waals surface area contributed by atoms with Crippen LogP contribution in [0.15, 0.2) is 30.9 Å². The molecular formula is C17H25N2O+. The molecule has 2 rings (SSSR count). The molecule has 0 spiro atoms. The molecule has 1 N–H and O–H groups in total. The molecule has 0 amide bonds. The van der Waals surface area contributed by atoms with E-state index in [1.807, 2.05) is 13.8 Å². The summed E-state index contributed by atoms with van der Waals surface area (Å²) in [5, 5.41) is 9.80. The molecule has 3 heteroatoms. The summed E-state index contributed by atoms with van der Waals surface area (Å²) in [6.07, 6.45) is 6.98. The maximum Gasteiger partial charge on any atom is 0.248 e. The summed E-state index contributed by atoms with van der Waals surface area (Å²) in [6.45, 7) is 10.9. The molecule has 1 heterocycles. The van der Waals surface area contributed by atoms with E-state index in [0.717, 1.165) is 13.0 Å². The highest BCUT2D eigenvalue weighted by atomic mass is 16.3. The normalized spacial score (nSPS) is 11.9. The van der Waals surface area contributed by atoms with Crippen molar-refractivity contribution in [3.05, 3.63) is 47.5 Å². The van der Waals surface area contributed by atoms with Crippen molar-refractivity contribution in [2.45, 2.75) is 53.2 Å². The van der Waals surface area contributed by atoms with Crippen molar-refractivity contribution in [3.8, 4) is 5.69 Å². The number of rotatable bonds is 4. The van der Waals surface area contributed by atoms with Gasteiger partial charge in [0.2, 0.25) is 6.33 Å². The zero-order valence-corrected chi connectivity index (χ0v) is 13.1. The molecule has 0 radical (unpaired) electrons. The van der Waals surface area contributed by atoms with Gasteiger partial charge in [0.25, 0.3) is 0 Å². The highest BCUT2D eigenvalue weighted by molar-refractivity contribution is 5.48. The zero-order valence-electron chi connectivity index (χ0n) is 13.1. The largest absolute Gasteiger partial charge is 0.390 e. The molecule has 0 atom stereocenters. The number of benzene rings is 1. The first-order valence-electron chi connectivity index (χ1n) is 7.14. The lowest BCUT2D eigenvalue weighted by atomic mass is 10.1. The fourth-order valence-corrected chi connectivity index (χ4v) is 2.64. The van der Waals surface area contributed by atoms with E-state index in [-0.39, 0.29) is 0 Å². The molecule has 0 fully saturated rings. The maximum atomic E-state index is 9.80. The minimum absolute atomic E-state index is 0.620. The Labute approximate surface area is 121 Å². The Hall–Kier alpha value is -1.61. The molecule has 0 saturated heterocycles. The lowest BCUT2D eigenvalue weighted by Gasteiger charge is -2.14. The second-order valence-electron chi connectivity index (χ2n) is 6.37. The van der Waals surface area contributed by atoms with Crippen LogP contribution in [0.3, 0.4) is 0 Å². The van der Waals surface area contributed by atoms with Crippen LogP contribution in [0.25, 0.3) is 5.69 Å². The van der Waals surface area contributed by atoms with Gasteiger partial charge in [-0.25, -0.2) is 9.13 Å². The number of nitrogens with zero attached hydrogens (tertiary/aromatic N) is 2. The number of aryl methyl sites for hydroxylation is 4. The third-order valence-corrected chi connectivity index (χ3v) is 3.57. The zero-order chi connectivity index (χ0) is 14.9. The molecule has 0 unspecified atom stereocenters. The molecule has 20 heavy (non-hydrogen) atoms. The third kappa shape index (κ3) is 3.48. The monoisotopic (exact) mass is 273 g/mol. The topological polar surface area (TPSA) is 29.0 Å². The van der Waals surface area contributed by atoms with Crippen LogP contribution in [0.5, 0.6) is 0 Å². The van der Waals surface area contributed by atoms with E-state index in [9.17, 15) is 5.11 Å². The summed E-state index contributed by atoms with van der Waals surface area (Å²) in [4.78, 5) is 0. The Bertz CT molecular complexity index is 583. The number of hydrogen-bond acceptors (Lipinski definition) is 1. The highest BCUT2D eigenvalue weighted by Gasteiger charge is 2.16. The number of aliphatic hydroxyl groups is 1. The van der Waals surface area contributed by atoms with Crippen molar-refractivity contribution >= 4 is 0 Å². The fraction of sp³-hybridized carbons (Fsp3) is 0.471. The Kier molecular flexibility index (Phi) is 4.00. The number of aromatic nitrogens is 2. The molecular weight excluding hydrogens is 248 g/mol. The smallest absolute Gasteiger partial charge is 0.248 e. The van der Waals surface area contributed by atoms with Crippen LogP contribution >= 0.6 is 0 Å². The summed E-state index contributed by atoms with van der Waals surface area (Å²) < 4.78 is 4.28. The van der Waals surface area contributed by atoms with E-state index in [1.165, 1.54) is 22.4 Å². The first-order valence-corrected chi connectivity index (χ1v) is 7.14. The summed E-state index contributed by atoms with van der Waals surface area (Å²) >= 11 is 0. The first-order chi connectivity index (χ1) is 9.26. The van der Waals surface area contributed by atoms with Gasteiger partial charge in [-0.3, -0.25) is 0 Å². The summed E-state index contributed by atoms with van der Waals surface area (Å²) in [6, 6.07) is 4.42. The van der Waals surface area contributed by atoms with Crippen LogP contribution in [-0.4, -0.2) is 15.3 Å². The summed E-state index contributed by atoms with van der Waals surface area (Å²) in [7, 11) is 0. The lowest BCUT2D eigenvalue weighted by Crippen LogP contribution is -2.35. The van der Waals surface area contributed by atoms with Gasteiger partial charge in [-0.2, -0.15) is 0 Å². The van der Waals surface area contributed by atoms with Crippen LogP contribution in [0.2, 0.25) is 0 Å². The van der Waals surface area contributed by atoms with Crippen molar-refractivity contribution in [2.75, 3.05) is 0 Å². The van der Waals surface area contributed by atoms with Gasteiger partial charge >= 0.3 is 0 Å². The number of hydrogen-bond donors (Lipinski definition) is 1. The minimum atomic E-state index is -0.620. The van der Waals surface area contributed by atoms with Gasteiger partial charge in [-0.05, 0) is 45.7 Å². The van der Waals surface area contributed by atoms with Crippen LogP contribution in [0, 0.1) is 20.8 Å². The average Bonchev–Trinajstić information content (AvgIpc) is 2.72. The Morgan fingerprint density at radius 2 is 1.75 bits per heavy atom. The molecule has 1 aromatic carbocycles. The molecule has 0 aliphatic carbocycles. The highest BCUT2D eigenvalue weighted by Crippen LogP contribution is 2.20. The molecule has 0 aliphatic rings. The average molecular weight is 273 g/mol. The molecule has 2 aromatic rings. The predicted octanol–water partition coefficient (Wildman–Crippen LogP) is 2.85. The second-order valence-corrected chi connectivity index (χ2v) is 6.37. The lowest BCUT2D eigenvalue weighted by molar-refractivity contribution is -0.698. The SMILES string of the molecule is Cc1cc(C)c(-n2cc[n+](CCC(C)(C)O)c2)c(C)c1. The molecule has 3 nitrogen and oxygen atoms in total. The fourth-order valence-electron chi connectivity index (χ4n) is 2.64. The van der Waals surface area contributed by atoms with Crippen molar-refractivity contribution in [3.63, 3.8) is 0 Å². The predicted molar refractivity (Wildman–Crippen MR) is 81.1 cm³/mol. The Balaban J connectivity index is 2.25. The van der Waals surface area contributed by atoms with Gasteiger partial charge in [0.15, 0.2) is 0 Å². The molecule has 0 bridgehead atoms. The summed E-state index contributed by atoms with van der Waals surface area (Å²) in [5.74, 6) is 0. The van der Waals surface area contributed by atoms with E-state index in [4.69, 9.17) is 0 Å². The van der Waals surface area contributed by atoms with Crippen molar-refractivity contribution < 1.29 is 9.67 Å². The van der Waals surface area contributed by atoms with E-state index in [0.29, 0.717) is 0 Å². The van der Waals surface area contributed by atoms with Crippen LogP contribution in [-0.2, 0) is 6.54 Å². The van der Waals surface area contributed by atoms with Gasteiger partial charge in [0, 0.05) is 6.42 Å². The van der Waals surface area contributed by atoms with Crippen LogP contribution < -0.4 is 4.57 Å².